The molecule has 0 fully saturated rings. The molecule has 0 amide bonds. The van der Waals surface area contributed by atoms with Gasteiger partial charge in [0.1, 0.15) is 0 Å². The van der Waals surface area contributed by atoms with E-state index in [9.17, 15) is 8.42 Å². The molecule has 14 heavy (non-hydrogen) atoms. The van der Waals surface area contributed by atoms with E-state index in [0.29, 0.717) is 6.42 Å². The van der Waals surface area contributed by atoms with Crippen molar-refractivity contribution >= 4 is 10.0 Å². The average molecular weight is 219 g/mol. The fourth-order valence-corrected chi connectivity index (χ4v) is 1.92. The molecule has 0 unspecified atom stereocenters. The number of nitrogens with zero attached hydrogens (tertiary/aromatic N) is 3. The normalized spacial score (nSPS) is 10.9. The lowest BCUT2D eigenvalue weighted by Gasteiger charge is -1.98. The first kappa shape index (κ1) is 13.3. The second-order valence-corrected chi connectivity index (χ2v) is 4.96. The van der Waals surface area contributed by atoms with Crippen molar-refractivity contribution in [3.8, 4) is 0 Å². The molecule has 6 heteroatoms. The summed E-state index contributed by atoms with van der Waals surface area (Å²) >= 11 is 0. The molecule has 0 aliphatic heterocycles. The molecule has 5 nitrogen and oxygen atoms in total. The van der Waals surface area contributed by atoms with Crippen molar-refractivity contribution in [3.63, 3.8) is 0 Å². The second-order valence-electron chi connectivity index (χ2n) is 3.22. The molecule has 0 spiro atoms. The van der Waals surface area contributed by atoms with Crippen LogP contribution in [0.15, 0.2) is 4.52 Å². The highest BCUT2D eigenvalue weighted by molar-refractivity contribution is 7.89. The lowest BCUT2D eigenvalue weighted by atomic mass is 10.1. The second kappa shape index (κ2) is 7.64. The van der Waals surface area contributed by atoms with Crippen LogP contribution in [0.25, 0.3) is 10.4 Å². The van der Waals surface area contributed by atoms with Gasteiger partial charge in [-0.2, -0.15) is 0 Å². The molecule has 0 aliphatic carbocycles. The number of unbranched alkanes of at least 4 members (excludes halogenated alkanes) is 5. The standard InChI is InChI=1S/C8H17N3O2S/c1-2-3-4-5-6-7-8-14(12,13)11-10-9/h2-8H2,1H3. The summed E-state index contributed by atoms with van der Waals surface area (Å²) in [6.45, 7) is 2.13. The van der Waals surface area contributed by atoms with Gasteiger partial charge in [-0.05, 0) is 12.0 Å². The molecule has 0 aromatic heterocycles. The van der Waals surface area contributed by atoms with E-state index in [1.807, 2.05) is 0 Å². The predicted octanol–water partition coefficient (Wildman–Crippen LogP) is 2.99. The van der Waals surface area contributed by atoms with E-state index in [4.69, 9.17) is 5.53 Å². The van der Waals surface area contributed by atoms with Gasteiger partial charge in [0.2, 0.25) is 10.0 Å². The van der Waals surface area contributed by atoms with E-state index < -0.39 is 10.0 Å². The van der Waals surface area contributed by atoms with Gasteiger partial charge in [0, 0.05) is 9.43 Å². The van der Waals surface area contributed by atoms with Crippen molar-refractivity contribution < 1.29 is 8.42 Å². The van der Waals surface area contributed by atoms with E-state index in [2.05, 4.69) is 16.4 Å². The molecule has 0 N–H and O–H groups in total. The zero-order valence-electron chi connectivity index (χ0n) is 8.52. The molecule has 0 bridgehead atoms. The van der Waals surface area contributed by atoms with E-state index >= 15 is 0 Å². The fourth-order valence-electron chi connectivity index (χ4n) is 1.16. The van der Waals surface area contributed by atoms with Crippen LogP contribution in [0, 0.1) is 0 Å². The molecule has 0 heterocycles. The van der Waals surface area contributed by atoms with Crippen molar-refractivity contribution in [1.29, 1.82) is 0 Å². The molecule has 0 atom stereocenters. The van der Waals surface area contributed by atoms with Gasteiger partial charge < -0.3 is 0 Å². The van der Waals surface area contributed by atoms with E-state index in [-0.39, 0.29) is 5.75 Å². The van der Waals surface area contributed by atoms with Crippen molar-refractivity contribution in [1.82, 2.24) is 0 Å². The summed E-state index contributed by atoms with van der Waals surface area (Å²) in [5.74, 6) is -0.0246. The van der Waals surface area contributed by atoms with Crippen LogP contribution in [0.4, 0.5) is 0 Å². The maximum atomic E-state index is 10.9. The van der Waals surface area contributed by atoms with Crippen LogP contribution in [0.1, 0.15) is 45.4 Å². The number of rotatable bonds is 8. The highest BCUT2D eigenvalue weighted by Gasteiger charge is 2.05. The van der Waals surface area contributed by atoms with Crippen LogP contribution < -0.4 is 0 Å². The summed E-state index contributed by atoms with van der Waals surface area (Å²) in [6, 6.07) is 0. The van der Waals surface area contributed by atoms with Gasteiger partial charge in [-0.1, -0.05) is 39.0 Å². The first-order valence-corrected chi connectivity index (χ1v) is 6.52. The monoisotopic (exact) mass is 219 g/mol. The first-order chi connectivity index (χ1) is 6.62. The van der Waals surface area contributed by atoms with E-state index in [0.717, 1.165) is 19.3 Å². The third kappa shape index (κ3) is 7.89. The smallest absolute Gasteiger partial charge is 0.221 e. The molecule has 0 saturated heterocycles. The third-order valence-corrected chi connectivity index (χ3v) is 3.04. The quantitative estimate of drug-likeness (QED) is 0.272. The van der Waals surface area contributed by atoms with Gasteiger partial charge in [-0.15, -0.1) is 0 Å². The Hall–Kier alpha value is -0.740. The van der Waals surface area contributed by atoms with E-state index in [1.54, 1.807) is 0 Å². The Morgan fingerprint density at radius 3 is 2.29 bits per heavy atom. The lowest BCUT2D eigenvalue weighted by molar-refractivity contribution is 0.584. The predicted molar refractivity (Wildman–Crippen MR) is 56.3 cm³/mol. The van der Waals surface area contributed by atoms with Gasteiger partial charge in [0.15, 0.2) is 0 Å². The Morgan fingerprint density at radius 1 is 1.14 bits per heavy atom. The molecular weight excluding hydrogens is 202 g/mol. The summed E-state index contributed by atoms with van der Waals surface area (Å²) in [7, 11) is -3.52. The van der Waals surface area contributed by atoms with Crippen molar-refractivity contribution in [2.24, 2.45) is 4.52 Å². The Morgan fingerprint density at radius 2 is 1.71 bits per heavy atom. The van der Waals surface area contributed by atoms with Gasteiger partial charge in [0.25, 0.3) is 0 Å². The van der Waals surface area contributed by atoms with Crippen molar-refractivity contribution in [3.05, 3.63) is 10.4 Å². The number of hydrogen-bond acceptors (Lipinski definition) is 2. The lowest BCUT2D eigenvalue weighted by Crippen LogP contribution is -2.00. The Bertz CT molecular complexity index is 281. The molecular formula is C8H17N3O2S. The van der Waals surface area contributed by atoms with E-state index in [1.165, 1.54) is 12.8 Å². The van der Waals surface area contributed by atoms with Crippen LogP contribution in [0.5, 0.6) is 0 Å². The van der Waals surface area contributed by atoms with Gasteiger partial charge in [-0.3, -0.25) is 0 Å². The van der Waals surface area contributed by atoms with Crippen molar-refractivity contribution in [2.75, 3.05) is 5.75 Å². The van der Waals surface area contributed by atoms with Gasteiger partial charge in [0.05, 0.1) is 5.75 Å². The Kier molecular flexibility index (Phi) is 7.24. The maximum absolute atomic E-state index is 10.9. The third-order valence-electron chi connectivity index (χ3n) is 1.92. The SMILES string of the molecule is CCCCCCCCS(=O)(=O)N=[N+]=[N-]. The van der Waals surface area contributed by atoms with Crippen molar-refractivity contribution in [2.45, 2.75) is 45.4 Å². The number of azide groups is 1. The maximum Gasteiger partial charge on any atom is 0.235 e. The summed E-state index contributed by atoms with van der Waals surface area (Å²) in [5, 5.41) is 0. The molecule has 0 aromatic rings. The summed E-state index contributed by atoms with van der Waals surface area (Å²) < 4.78 is 24.5. The van der Waals surface area contributed by atoms with Crippen LogP contribution in [-0.2, 0) is 10.0 Å². The molecule has 82 valence electrons. The van der Waals surface area contributed by atoms with Gasteiger partial charge >= 0.3 is 0 Å². The average Bonchev–Trinajstić information content (AvgIpc) is 2.11. The summed E-state index contributed by atoms with van der Waals surface area (Å²) in [6.07, 6.45) is 6.06. The molecule has 0 rings (SSSR count). The minimum absolute atomic E-state index is 0.0246. The van der Waals surface area contributed by atoms with Crippen LogP contribution in [0.2, 0.25) is 0 Å². The fraction of sp³-hybridized carbons (Fsp3) is 1.00. The minimum atomic E-state index is -3.52. The number of sulfonamides is 1. The topological polar surface area (TPSA) is 82.9 Å². The largest absolute Gasteiger partial charge is 0.235 e. The number of hydrogen-bond donors (Lipinski definition) is 0. The molecule has 0 aliphatic rings. The van der Waals surface area contributed by atoms with Crippen LogP contribution in [-0.4, -0.2) is 14.2 Å². The van der Waals surface area contributed by atoms with Crippen LogP contribution >= 0.6 is 0 Å². The zero-order chi connectivity index (χ0) is 10.9. The zero-order valence-corrected chi connectivity index (χ0v) is 9.33. The minimum Gasteiger partial charge on any atom is -0.221 e. The highest BCUT2D eigenvalue weighted by Crippen LogP contribution is 2.07. The Labute approximate surface area is 85.2 Å². The van der Waals surface area contributed by atoms with Gasteiger partial charge in [-0.25, -0.2) is 8.42 Å². The summed E-state index contributed by atoms with van der Waals surface area (Å²) in [5.41, 5.74) is 7.95. The molecule has 0 radical (unpaired) electrons. The first-order valence-electron chi connectivity index (χ1n) is 4.91. The molecule has 0 saturated carbocycles. The molecule has 0 aromatic carbocycles. The van der Waals surface area contributed by atoms with Crippen LogP contribution in [0.3, 0.4) is 0 Å². The Balaban J connectivity index is 3.50. The summed E-state index contributed by atoms with van der Waals surface area (Å²) in [4.78, 5) is 2.27. The highest BCUT2D eigenvalue weighted by atomic mass is 32.2.